The van der Waals surface area contributed by atoms with Crippen LogP contribution in [0.3, 0.4) is 0 Å². The Hall–Kier alpha value is -3.53. The van der Waals surface area contributed by atoms with Gasteiger partial charge in [-0.05, 0) is 32.0 Å². The minimum absolute atomic E-state index is 0.178. The van der Waals surface area contributed by atoms with Crippen molar-refractivity contribution in [1.29, 1.82) is 0 Å². The van der Waals surface area contributed by atoms with Crippen LogP contribution in [0.1, 0.15) is 19.4 Å². The van der Waals surface area contributed by atoms with Gasteiger partial charge in [-0.15, -0.1) is 0 Å². The van der Waals surface area contributed by atoms with Gasteiger partial charge < -0.3 is 29.6 Å². The van der Waals surface area contributed by atoms with Gasteiger partial charge in [-0.1, -0.05) is 30.0 Å². The van der Waals surface area contributed by atoms with E-state index in [9.17, 15) is 4.79 Å². The fraction of sp³-hybridized carbons (Fsp3) is 0.348. The van der Waals surface area contributed by atoms with E-state index in [1.165, 1.54) is 14.2 Å². The molecular weight excluding hydrogens is 384 g/mol. The first-order valence-corrected chi connectivity index (χ1v) is 9.59. The Morgan fingerprint density at radius 3 is 2.63 bits per heavy atom. The summed E-state index contributed by atoms with van der Waals surface area (Å²) < 4.78 is 22.2. The maximum absolute atomic E-state index is 12.1. The minimum Gasteiger partial charge on any atom is -0.493 e. The van der Waals surface area contributed by atoms with Crippen LogP contribution in [0.4, 0.5) is 10.5 Å². The third-order valence-electron chi connectivity index (χ3n) is 4.47. The molecule has 1 aliphatic heterocycles. The highest BCUT2D eigenvalue weighted by molar-refractivity contribution is 5.91. The van der Waals surface area contributed by atoms with Gasteiger partial charge in [0.25, 0.3) is 0 Å². The molecule has 0 bridgehead atoms. The quantitative estimate of drug-likeness (QED) is 0.712. The zero-order valence-electron chi connectivity index (χ0n) is 17.6. The Labute approximate surface area is 176 Å². The van der Waals surface area contributed by atoms with Crippen LogP contribution in [0.5, 0.6) is 23.0 Å². The van der Waals surface area contributed by atoms with Gasteiger partial charge in [-0.2, -0.15) is 0 Å². The number of nitrogens with one attached hydrogen (secondary N) is 2. The average Bonchev–Trinajstić information content (AvgIpc) is 3.04. The number of fused-ring (bicyclic) bond motifs is 1. The number of para-hydroxylation sites is 2. The lowest BCUT2D eigenvalue weighted by molar-refractivity contribution is 0.133. The maximum Gasteiger partial charge on any atom is 0.320 e. The van der Waals surface area contributed by atoms with E-state index in [1.54, 1.807) is 18.2 Å². The van der Waals surface area contributed by atoms with E-state index in [1.807, 2.05) is 18.2 Å². The summed E-state index contributed by atoms with van der Waals surface area (Å²) in [6.07, 6.45) is 0.850. The fourth-order valence-corrected chi connectivity index (χ4v) is 3.20. The zero-order valence-corrected chi connectivity index (χ0v) is 17.6. The van der Waals surface area contributed by atoms with Gasteiger partial charge in [0, 0.05) is 12.0 Å². The number of anilines is 1. The van der Waals surface area contributed by atoms with Gasteiger partial charge in [0.1, 0.15) is 12.2 Å². The Balaban J connectivity index is 1.47. The molecule has 158 valence electrons. The molecule has 0 atom stereocenters. The molecule has 0 saturated heterocycles. The molecule has 2 N–H and O–H groups in total. The molecule has 0 spiro atoms. The number of carbonyl (C=O) groups excluding carboxylic acids is 1. The minimum atomic E-state index is -0.395. The highest BCUT2D eigenvalue weighted by atomic mass is 16.5. The first-order valence-electron chi connectivity index (χ1n) is 9.59. The highest BCUT2D eigenvalue weighted by Gasteiger charge is 2.32. The number of hydrogen-bond acceptors (Lipinski definition) is 5. The van der Waals surface area contributed by atoms with Crippen molar-refractivity contribution >= 4 is 11.7 Å². The average molecular weight is 410 g/mol. The lowest BCUT2D eigenvalue weighted by Crippen LogP contribution is -2.29. The molecule has 0 radical (unpaired) electrons. The molecule has 0 aromatic heterocycles. The first kappa shape index (κ1) is 21.2. The van der Waals surface area contributed by atoms with Gasteiger partial charge in [-0.3, -0.25) is 0 Å². The molecule has 3 rings (SSSR count). The second-order valence-electron chi connectivity index (χ2n) is 7.27. The molecule has 0 saturated carbocycles. The topological polar surface area (TPSA) is 78.1 Å². The molecule has 2 aromatic rings. The molecule has 0 fully saturated rings. The summed E-state index contributed by atoms with van der Waals surface area (Å²) in [7, 11) is 3.05. The van der Waals surface area contributed by atoms with Gasteiger partial charge in [0.2, 0.25) is 0 Å². The van der Waals surface area contributed by atoms with E-state index in [4.69, 9.17) is 18.9 Å². The van der Waals surface area contributed by atoms with E-state index >= 15 is 0 Å². The van der Waals surface area contributed by atoms with Crippen LogP contribution >= 0.6 is 0 Å². The number of urea groups is 1. The van der Waals surface area contributed by atoms with Gasteiger partial charge in [0.15, 0.2) is 23.0 Å². The van der Waals surface area contributed by atoms with Crippen molar-refractivity contribution in [1.82, 2.24) is 5.32 Å². The Kier molecular flexibility index (Phi) is 6.58. The zero-order chi connectivity index (χ0) is 21.6. The van der Waals surface area contributed by atoms with Crippen molar-refractivity contribution in [3.05, 3.63) is 42.0 Å². The van der Waals surface area contributed by atoms with Crippen LogP contribution in [0, 0.1) is 11.8 Å². The van der Waals surface area contributed by atoms with E-state index in [2.05, 4.69) is 36.3 Å². The molecular formula is C23H26N2O5. The van der Waals surface area contributed by atoms with E-state index in [0.29, 0.717) is 22.9 Å². The predicted molar refractivity (Wildman–Crippen MR) is 115 cm³/mol. The molecule has 1 heterocycles. The van der Waals surface area contributed by atoms with Gasteiger partial charge >= 0.3 is 6.03 Å². The lowest BCUT2D eigenvalue weighted by atomic mass is 10.0. The summed E-state index contributed by atoms with van der Waals surface area (Å²) in [5, 5.41) is 5.39. The van der Waals surface area contributed by atoms with E-state index < -0.39 is 6.03 Å². The second kappa shape index (κ2) is 9.31. The molecule has 7 nitrogen and oxygen atoms in total. The van der Waals surface area contributed by atoms with Gasteiger partial charge in [-0.25, -0.2) is 4.79 Å². The van der Waals surface area contributed by atoms with Crippen LogP contribution in [-0.4, -0.2) is 39.0 Å². The summed E-state index contributed by atoms with van der Waals surface area (Å²) in [6.45, 7) is 4.48. The SMILES string of the molecule is COc1cccc(NC(=O)NCC#CCOc2cccc3c2OC(C)(C)C3)c1OC. The lowest BCUT2D eigenvalue weighted by Gasteiger charge is -2.17. The molecule has 2 aromatic carbocycles. The van der Waals surface area contributed by atoms with Crippen molar-refractivity contribution in [3.8, 4) is 34.8 Å². The number of rotatable bonds is 6. The van der Waals surface area contributed by atoms with Crippen molar-refractivity contribution in [2.75, 3.05) is 32.7 Å². The third kappa shape index (κ3) is 5.09. The first-order chi connectivity index (χ1) is 14.4. The molecule has 7 heteroatoms. The Morgan fingerprint density at radius 1 is 1.10 bits per heavy atom. The maximum atomic E-state index is 12.1. The van der Waals surface area contributed by atoms with Crippen LogP contribution in [0.2, 0.25) is 0 Å². The van der Waals surface area contributed by atoms with Crippen LogP contribution in [0.15, 0.2) is 36.4 Å². The Morgan fingerprint density at radius 2 is 1.87 bits per heavy atom. The number of ether oxygens (including phenoxy) is 4. The summed E-state index contributed by atoms with van der Waals surface area (Å²) >= 11 is 0. The number of amides is 2. The summed E-state index contributed by atoms with van der Waals surface area (Å²) in [5.41, 5.74) is 1.42. The third-order valence-corrected chi connectivity index (χ3v) is 4.47. The second-order valence-corrected chi connectivity index (χ2v) is 7.27. The standard InChI is InChI=1S/C23H26N2O5/c1-23(2)15-16-9-7-12-19(20(16)30-23)29-14-6-5-13-24-22(26)25-17-10-8-11-18(27-3)21(17)28-4/h7-12H,13-15H2,1-4H3,(H2,24,25,26). The van der Waals surface area contributed by atoms with Crippen molar-refractivity contribution < 1.29 is 23.7 Å². The van der Waals surface area contributed by atoms with E-state index in [-0.39, 0.29) is 18.8 Å². The number of benzene rings is 2. The normalized spacial score (nSPS) is 13.2. The molecule has 0 unspecified atom stereocenters. The van der Waals surface area contributed by atoms with Crippen LogP contribution in [0.25, 0.3) is 0 Å². The summed E-state index contributed by atoms with van der Waals surface area (Å²) in [4.78, 5) is 12.1. The van der Waals surface area contributed by atoms with Crippen molar-refractivity contribution in [3.63, 3.8) is 0 Å². The van der Waals surface area contributed by atoms with Crippen LogP contribution in [-0.2, 0) is 6.42 Å². The van der Waals surface area contributed by atoms with Crippen molar-refractivity contribution in [2.24, 2.45) is 0 Å². The summed E-state index contributed by atoms with van der Waals surface area (Å²) in [5.74, 6) is 8.21. The van der Waals surface area contributed by atoms with Gasteiger partial charge in [0.05, 0.1) is 26.5 Å². The Bertz CT molecular complexity index is 975. The molecule has 2 amide bonds. The predicted octanol–water partition coefficient (Wildman–Crippen LogP) is 3.62. The van der Waals surface area contributed by atoms with Crippen LogP contribution < -0.4 is 29.6 Å². The monoisotopic (exact) mass is 410 g/mol. The smallest absolute Gasteiger partial charge is 0.320 e. The molecule has 0 aliphatic carbocycles. The number of hydrogen-bond donors (Lipinski definition) is 2. The fourth-order valence-electron chi connectivity index (χ4n) is 3.20. The highest BCUT2D eigenvalue weighted by Crippen LogP contribution is 2.41. The van der Waals surface area contributed by atoms with Crippen molar-refractivity contribution in [2.45, 2.75) is 25.9 Å². The number of methoxy groups -OCH3 is 2. The molecule has 30 heavy (non-hydrogen) atoms. The van der Waals surface area contributed by atoms with E-state index in [0.717, 1.165) is 17.7 Å². The molecule has 1 aliphatic rings. The summed E-state index contributed by atoms with van der Waals surface area (Å²) in [6, 6.07) is 10.7. The number of carbonyl (C=O) groups is 1. The largest absolute Gasteiger partial charge is 0.493 e.